The van der Waals surface area contributed by atoms with Crippen LogP contribution in [0, 0.1) is 11.3 Å². The van der Waals surface area contributed by atoms with E-state index in [-0.39, 0.29) is 21.9 Å². The second-order valence-corrected chi connectivity index (χ2v) is 5.74. The van der Waals surface area contributed by atoms with Crippen molar-refractivity contribution < 1.29 is 21.9 Å². The SMILES string of the molecule is N#Cc1ccccc1S(=O)(=O)Nc1ccccc1OC(F)F. The van der Waals surface area contributed by atoms with Crippen molar-refractivity contribution in [3.05, 3.63) is 54.1 Å². The topological polar surface area (TPSA) is 79.2 Å². The third-order valence-corrected chi connectivity index (χ3v) is 4.07. The highest BCUT2D eigenvalue weighted by molar-refractivity contribution is 7.92. The van der Waals surface area contributed by atoms with E-state index in [1.165, 1.54) is 48.5 Å². The molecule has 0 amide bonds. The van der Waals surface area contributed by atoms with Gasteiger partial charge in [-0.3, -0.25) is 4.72 Å². The van der Waals surface area contributed by atoms with Gasteiger partial charge in [0, 0.05) is 0 Å². The third kappa shape index (κ3) is 3.51. The van der Waals surface area contributed by atoms with E-state index in [9.17, 15) is 17.2 Å². The number of hydrogen-bond acceptors (Lipinski definition) is 4. The monoisotopic (exact) mass is 324 g/mol. The zero-order chi connectivity index (χ0) is 16.2. The summed E-state index contributed by atoms with van der Waals surface area (Å²) in [6, 6.07) is 12.7. The molecule has 0 bridgehead atoms. The Bertz CT molecular complexity index is 817. The maximum absolute atomic E-state index is 12.3. The second kappa shape index (κ2) is 6.41. The molecule has 114 valence electrons. The van der Waals surface area contributed by atoms with Gasteiger partial charge in [-0.1, -0.05) is 24.3 Å². The Kier molecular flexibility index (Phi) is 4.58. The highest BCUT2D eigenvalue weighted by Crippen LogP contribution is 2.28. The molecule has 0 radical (unpaired) electrons. The van der Waals surface area contributed by atoms with Gasteiger partial charge in [0.1, 0.15) is 16.7 Å². The molecule has 1 N–H and O–H groups in total. The summed E-state index contributed by atoms with van der Waals surface area (Å²) in [5.74, 6) is -0.310. The molecular formula is C14H10F2N2O3S. The lowest BCUT2D eigenvalue weighted by Crippen LogP contribution is -2.15. The van der Waals surface area contributed by atoms with Crippen LogP contribution >= 0.6 is 0 Å². The van der Waals surface area contributed by atoms with E-state index >= 15 is 0 Å². The molecule has 0 saturated carbocycles. The number of anilines is 1. The molecule has 0 aliphatic carbocycles. The molecule has 0 saturated heterocycles. The summed E-state index contributed by atoms with van der Waals surface area (Å²) in [6.45, 7) is -3.09. The molecule has 0 fully saturated rings. The first kappa shape index (κ1) is 15.7. The van der Waals surface area contributed by atoms with Crippen LogP contribution < -0.4 is 9.46 Å². The standard InChI is InChI=1S/C14H10F2N2O3S/c15-14(16)21-12-7-3-2-6-11(12)18-22(19,20)13-8-4-1-5-10(13)9-17/h1-8,14,18H. The van der Waals surface area contributed by atoms with E-state index in [1.54, 1.807) is 6.07 Å². The first-order valence-corrected chi connectivity index (χ1v) is 7.48. The van der Waals surface area contributed by atoms with Crippen molar-refractivity contribution in [2.45, 2.75) is 11.5 Å². The Morgan fingerprint density at radius 1 is 1.09 bits per heavy atom. The van der Waals surface area contributed by atoms with Crippen LogP contribution in [0.25, 0.3) is 0 Å². The lowest BCUT2D eigenvalue weighted by atomic mass is 10.2. The summed E-state index contributed by atoms with van der Waals surface area (Å²) in [5.41, 5.74) is -0.196. The number of para-hydroxylation sites is 2. The van der Waals surface area contributed by atoms with Gasteiger partial charge in [0.05, 0.1) is 11.3 Å². The largest absolute Gasteiger partial charge is 0.433 e. The van der Waals surface area contributed by atoms with Crippen molar-refractivity contribution >= 4 is 15.7 Å². The molecule has 22 heavy (non-hydrogen) atoms. The van der Waals surface area contributed by atoms with E-state index < -0.39 is 16.6 Å². The molecule has 0 aromatic heterocycles. The highest BCUT2D eigenvalue weighted by atomic mass is 32.2. The normalized spacial score (nSPS) is 11.0. The minimum Gasteiger partial charge on any atom is -0.433 e. The van der Waals surface area contributed by atoms with Crippen molar-refractivity contribution in [2.75, 3.05) is 4.72 Å². The molecular weight excluding hydrogens is 314 g/mol. The van der Waals surface area contributed by atoms with Crippen LogP contribution in [-0.2, 0) is 10.0 Å². The van der Waals surface area contributed by atoms with E-state index in [1.807, 2.05) is 0 Å². The minimum absolute atomic E-state index is 0.0535. The fraction of sp³-hybridized carbons (Fsp3) is 0.0714. The number of nitrogens with one attached hydrogen (secondary N) is 1. The Morgan fingerprint density at radius 2 is 1.73 bits per heavy atom. The number of hydrogen-bond donors (Lipinski definition) is 1. The van der Waals surface area contributed by atoms with E-state index in [0.717, 1.165) is 0 Å². The average molecular weight is 324 g/mol. The minimum atomic E-state index is -4.11. The van der Waals surface area contributed by atoms with Crippen LogP contribution in [0.15, 0.2) is 53.4 Å². The number of benzene rings is 2. The van der Waals surface area contributed by atoms with Gasteiger partial charge in [-0.05, 0) is 24.3 Å². The van der Waals surface area contributed by atoms with Crippen molar-refractivity contribution in [1.82, 2.24) is 0 Å². The number of nitrogens with zero attached hydrogens (tertiary/aromatic N) is 1. The molecule has 5 nitrogen and oxygen atoms in total. The molecule has 2 aromatic carbocycles. The number of ether oxygens (including phenoxy) is 1. The van der Waals surface area contributed by atoms with Crippen molar-refractivity contribution in [3.8, 4) is 11.8 Å². The van der Waals surface area contributed by atoms with Gasteiger partial charge < -0.3 is 4.74 Å². The fourth-order valence-electron chi connectivity index (χ4n) is 1.74. The summed E-state index contributed by atoms with van der Waals surface area (Å²) in [4.78, 5) is -0.246. The van der Waals surface area contributed by atoms with Gasteiger partial charge in [0.25, 0.3) is 10.0 Å². The second-order valence-electron chi connectivity index (χ2n) is 4.09. The third-order valence-electron chi connectivity index (χ3n) is 2.64. The van der Waals surface area contributed by atoms with E-state index in [4.69, 9.17) is 5.26 Å². The van der Waals surface area contributed by atoms with Crippen molar-refractivity contribution in [3.63, 3.8) is 0 Å². The molecule has 2 aromatic rings. The molecule has 8 heteroatoms. The first-order chi connectivity index (χ1) is 10.4. The van der Waals surface area contributed by atoms with Crippen LogP contribution in [0.5, 0.6) is 5.75 Å². The summed E-state index contributed by atoms with van der Waals surface area (Å²) in [6.07, 6.45) is 0. The quantitative estimate of drug-likeness (QED) is 0.917. The van der Waals surface area contributed by atoms with E-state index in [0.29, 0.717) is 0 Å². The van der Waals surface area contributed by atoms with Gasteiger partial charge in [-0.2, -0.15) is 14.0 Å². The van der Waals surface area contributed by atoms with Crippen LogP contribution in [0.3, 0.4) is 0 Å². The van der Waals surface area contributed by atoms with E-state index in [2.05, 4.69) is 9.46 Å². The summed E-state index contributed by atoms with van der Waals surface area (Å²) in [5, 5.41) is 8.96. The summed E-state index contributed by atoms with van der Waals surface area (Å²) < 4.78 is 55.7. The molecule has 0 atom stereocenters. The molecule has 0 aliphatic rings. The number of alkyl halides is 2. The van der Waals surface area contributed by atoms with Crippen LogP contribution in [0.2, 0.25) is 0 Å². The Morgan fingerprint density at radius 3 is 2.41 bits per heavy atom. The number of nitriles is 1. The Hall–Kier alpha value is -2.66. The zero-order valence-corrected chi connectivity index (χ0v) is 11.8. The van der Waals surface area contributed by atoms with Crippen LogP contribution in [-0.4, -0.2) is 15.0 Å². The smallest absolute Gasteiger partial charge is 0.387 e. The van der Waals surface area contributed by atoms with Gasteiger partial charge in [-0.25, -0.2) is 8.42 Å². The number of halogens is 2. The lowest BCUT2D eigenvalue weighted by Gasteiger charge is -2.13. The summed E-state index contributed by atoms with van der Waals surface area (Å²) >= 11 is 0. The van der Waals surface area contributed by atoms with Crippen LogP contribution in [0.4, 0.5) is 14.5 Å². The van der Waals surface area contributed by atoms with Crippen LogP contribution in [0.1, 0.15) is 5.56 Å². The molecule has 2 rings (SSSR count). The molecule has 0 unspecified atom stereocenters. The van der Waals surface area contributed by atoms with Gasteiger partial charge >= 0.3 is 6.61 Å². The maximum atomic E-state index is 12.3. The number of sulfonamides is 1. The first-order valence-electron chi connectivity index (χ1n) is 6.00. The Balaban J connectivity index is 2.40. The average Bonchev–Trinajstić information content (AvgIpc) is 2.48. The van der Waals surface area contributed by atoms with Gasteiger partial charge in [0.2, 0.25) is 0 Å². The lowest BCUT2D eigenvalue weighted by molar-refractivity contribution is -0.0493. The predicted molar refractivity (Wildman–Crippen MR) is 75.0 cm³/mol. The summed E-state index contributed by atoms with van der Waals surface area (Å²) in [7, 11) is -4.11. The fourth-order valence-corrected chi connectivity index (χ4v) is 2.97. The molecule has 0 aliphatic heterocycles. The molecule has 0 heterocycles. The zero-order valence-electron chi connectivity index (χ0n) is 11.0. The van der Waals surface area contributed by atoms with Gasteiger partial charge in [0.15, 0.2) is 0 Å². The number of rotatable bonds is 5. The highest BCUT2D eigenvalue weighted by Gasteiger charge is 2.20. The maximum Gasteiger partial charge on any atom is 0.387 e. The molecule has 0 spiro atoms. The predicted octanol–water partition coefficient (Wildman–Crippen LogP) is 2.96. The van der Waals surface area contributed by atoms with Crippen molar-refractivity contribution in [2.24, 2.45) is 0 Å². The van der Waals surface area contributed by atoms with Gasteiger partial charge in [-0.15, -0.1) is 0 Å². The van der Waals surface area contributed by atoms with Crippen molar-refractivity contribution in [1.29, 1.82) is 5.26 Å². The Labute approximate surface area is 125 Å².